The number of aromatic amines is 1. The van der Waals surface area contributed by atoms with Crippen LogP contribution in [0.5, 0.6) is 5.75 Å². The van der Waals surface area contributed by atoms with Gasteiger partial charge in [-0.05, 0) is 43.5 Å². The maximum atomic E-state index is 12.9. The lowest BCUT2D eigenvalue weighted by atomic mass is 10.1. The molecule has 6 nitrogen and oxygen atoms in total. The van der Waals surface area contributed by atoms with E-state index in [2.05, 4.69) is 27.4 Å². The number of carbonyl (C=O) groups is 1. The van der Waals surface area contributed by atoms with E-state index in [0.717, 1.165) is 17.6 Å². The molecule has 2 N–H and O–H groups in total. The van der Waals surface area contributed by atoms with Crippen molar-refractivity contribution in [2.24, 2.45) is 0 Å². The van der Waals surface area contributed by atoms with Gasteiger partial charge in [0.1, 0.15) is 5.69 Å². The van der Waals surface area contributed by atoms with Crippen LogP contribution >= 0.6 is 0 Å². The van der Waals surface area contributed by atoms with Gasteiger partial charge in [-0.2, -0.15) is 0 Å². The molecule has 0 radical (unpaired) electrons. The minimum atomic E-state index is -0.113. The highest BCUT2D eigenvalue weighted by Gasteiger charge is 2.20. The Labute approximate surface area is 163 Å². The number of benzene rings is 1. The SMILES string of the molecule is CCOc1cccn2c(C(=O)NCCc3c[nH]c4ccccc34)c(CC)nc12. The van der Waals surface area contributed by atoms with Crippen molar-refractivity contribution in [3.8, 4) is 5.75 Å². The molecule has 4 rings (SSSR count). The van der Waals surface area contributed by atoms with Gasteiger partial charge in [0.05, 0.1) is 12.3 Å². The zero-order chi connectivity index (χ0) is 19.5. The van der Waals surface area contributed by atoms with Crippen LogP contribution in [0.1, 0.15) is 35.6 Å². The second-order valence-electron chi connectivity index (χ2n) is 6.63. The van der Waals surface area contributed by atoms with Crippen LogP contribution in [0.2, 0.25) is 0 Å². The van der Waals surface area contributed by atoms with Gasteiger partial charge in [0.15, 0.2) is 11.4 Å². The summed E-state index contributed by atoms with van der Waals surface area (Å²) in [7, 11) is 0. The average molecular weight is 376 g/mol. The van der Waals surface area contributed by atoms with Gasteiger partial charge >= 0.3 is 0 Å². The Balaban J connectivity index is 1.54. The Bertz CT molecular complexity index is 1130. The van der Waals surface area contributed by atoms with Gasteiger partial charge in [0.25, 0.3) is 5.91 Å². The van der Waals surface area contributed by atoms with E-state index in [-0.39, 0.29) is 5.91 Å². The Kier molecular flexibility index (Phi) is 5.02. The fourth-order valence-electron chi connectivity index (χ4n) is 3.58. The third-order valence-electron chi connectivity index (χ3n) is 4.89. The molecule has 1 aromatic carbocycles. The summed E-state index contributed by atoms with van der Waals surface area (Å²) in [6, 6.07) is 11.9. The highest BCUT2D eigenvalue weighted by atomic mass is 16.5. The topological polar surface area (TPSA) is 71.4 Å². The lowest BCUT2D eigenvalue weighted by Gasteiger charge is -2.08. The largest absolute Gasteiger partial charge is 0.490 e. The van der Waals surface area contributed by atoms with Crippen molar-refractivity contribution in [1.29, 1.82) is 0 Å². The van der Waals surface area contributed by atoms with Gasteiger partial charge in [-0.15, -0.1) is 0 Å². The number of H-pyrrole nitrogens is 1. The van der Waals surface area contributed by atoms with Crippen LogP contribution < -0.4 is 10.1 Å². The molecule has 1 amide bonds. The van der Waals surface area contributed by atoms with Crippen molar-refractivity contribution in [2.45, 2.75) is 26.7 Å². The van der Waals surface area contributed by atoms with Crippen molar-refractivity contribution in [3.63, 3.8) is 0 Å². The molecule has 4 aromatic rings. The monoisotopic (exact) mass is 376 g/mol. The normalized spacial score (nSPS) is 11.2. The number of carbonyl (C=O) groups excluding carboxylic acids is 1. The van der Waals surface area contributed by atoms with E-state index >= 15 is 0 Å². The molecule has 0 atom stereocenters. The Morgan fingerprint density at radius 3 is 2.89 bits per heavy atom. The Morgan fingerprint density at radius 2 is 2.07 bits per heavy atom. The molecule has 0 saturated carbocycles. The first kappa shape index (κ1) is 18.1. The summed E-state index contributed by atoms with van der Waals surface area (Å²) < 4.78 is 7.49. The summed E-state index contributed by atoms with van der Waals surface area (Å²) in [4.78, 5) is 20.9. The molecule has 0 aliphatic carbocycles. The summed E-state index contributed by atoms with van der Waals surface area (Å²) in [6.45, 7) is 5.05. The maximum Gasteiger partial charge on any atom is 0.270 e. The average Bonchev–Trinajstić information content (AvgIpc) is 3.30. The molecule has 144 valence electrons. The zero-order valence-corrected chi connectivity index (χ0v) is 16.2. The number of aromatic nitrogens is 3. The predicted octanol–water partition coefficient (Wildman–Crippen LogP) is 3.75. The van der Waals surface area contributed by atoms with E-state index < -0.39 is 0 Å². The van der Waals surface area contributed by atoms with Crippen LogP contribution in [0.4, 0.5) is 0 Å². The quantitative estimate of drug-likeness (QED) is 0.516. The number of para-hydroxylation sites is 1. The van der Waals surface area contributed by atoms with Gasteiger partial charge in [0, 0.05) is 29.8 Å². The first-order chi connectivity index (χ1) is 13.7. The smallest absolute Gasteiger partial charge is 0.270 e. The Morgan fingerprint density at radius 1 is 1.21 bits per heavy atom. The lowest BCUT2D eigenvalue weighted by molar-refractivity contribution is 0.0947. The first-order valence-electron chi connectivity index (χ1n) is 9.68. The molecule has 0 aliphatic rings. The molecule has 0 aliphatic heterocycles. The summed E-state index contributed by atoms with van der Waals surface area (Å²) in [5, 5.41) is 4.25. The molecular formula is C22H24N4O2. The number of rotatable bonds is 7. The van der Waals surface area contributed by atoms with Gasteiger partial charge in [-0.3, -0.25) is 9.20 Å². The number of amides is 1. The van der Waals surface area contributed by atoms with Gasteiger partial charge in [0.2, 0.25) is 0 Å². The molecule has 0 saturated heterocycles. The molecule has 0 bridgehead atoms. The van der Waals surface area contributed by atoms with E-state index in [0.29, 0.717) is 36.7 Å². The van der Waals surface area contributed by atoms with Crippen molar-refractivity contribution >= 4 is 22.5 Å². The number of nitrogens with one attached hydrogen (secondary N) is 2. The summed E-state index contributed by atoms with van der Waals surface area (Å²) in [6.07, 6.45) is 5.31. The third-order valence-corrected chi connectivity index (χ3v) is 4.89. The van der Waals surface area contributed by atoms with E-state index in [4.69, 9.17) is 4.74 Å². The van der Waals surface area contributed by atoms with Crippen LogP contribution in [0, 0.1) is 0 Å². The van der Waals surface area contributed by atoms with Crippen molar-refractivity contribution < 1.29 is 9.53 Å². The molecule has 0 fully saturated rings. The number of nitrogens with zero attached hydrogens (tertiary/aromatic N) is 2. The molecule has 6 heteroatoms. The van der Waals surface area contributed by atoms with E-state index in [1.807, 2.05) is 54.9 Å². The van der Waals surface area contributed by atoms with Crippen LogP contribution in [-0.4, -0.2) is 33.4 Å². The summed E-state index contributed by atoms with van der Waals surface area (Å²) in [5.41, 5.74) is 4.35. The first-order valence-corrected chi connectivity index (χ1v) is 9.68. The van der Waals surface area contributed by atoms with Crippen molar-refractivity contribution in [1.82, 2.24) is 19.7 Å². The van der Waals surface area contributed by atoms with Crippen LogP contribution in [0.3, 0.4) is 0 Å². The fourth-order valence-corrected chi connectivity index (χ4v) is 3.58. The number of ether oxygens (including phenoxy) is 1. The van der Waals surface area contributed by atoms with Crippen molar-refractivity contribution in [2.75, 3.05) is 13.2 Å². The van der Waals surface area contributed by atoms with Crippen LogP contribution in [0.25, 0.3) is 16.6 Å². The fraction of sp³-hybridized carbons (Fsp3) is 0.273. The second kappa shape index (κ2) is 7.76. The highest BCUT2D eigenvalue weighted by Crippen LogP contribution is 2.23. The number of pyridine rings is 1. The van der Waals surface area contributed by atoms with Gasteiger partial charge in [-0.1, -0.05) is 25.1 Å². The van der Waals surface area contributed by atoms with E-state index in [9.17, 15) is 4.79 Å². The third kappa shape index (κ3) is 3.22. The maximum absolute atomic E-state index is 12.9. The minimum Gasteiger partial charge on any atom is -0.490 e. The molecule has 28 heavy (non-hydrogen) atoms. The molecule has 3 aromatic heterocycles. The molecule has 0 unspecified atom stereocenters. The molecule has 0 spiro atoms. The standard InChI is InChI=1S/C22H24N4O2/c1-3-17-20(26-13-7-10-19(28-4-2)21(26)25-17)22(27)23-12-11-15-14-24-18-9-6-5-8-16(15)18/h5-10,13-14,24H,3-4,11-12H2,1-2H3,(H,23,27). The van der Waals surface area contributed by atoms with Gasteiger partial charge in [-0.25, -0.2) is 4.98 Å². The number of imidazole rings is 1. The number of aryl methyl sites for hydroxylation is 1. The number of hydrogen-bond donors (Lipinski definition) is 2. The summed E-state index contributed by atoms with van der Waals surface area (Å²) in [5.74, 6) is 0.579. The Hall–Kier alpha value is -3.28. The van der Waals surface area contributed by atoms with Crippen LogP contribution in [0.15, 0.2) is 48.8 Å². The number of fused-ring (bicyclic) bond motifs is 2. The zero-order valence-electron chi connectivity index (χ0n) is 16.2. The lowest BCUT2D eigenvalue weighted by Crippen LogP contribution is -2.27. The van der Waals surface area contributed by atoms with E-state index in [1.54, 1.807) is 0 Å². The molecule has 3 heterocycles. The molecular weight excluding hydrogens is 352 g/mol. The van der Waals surface area contributed by atoms with E-state index in [1.165, 1.54) is 10.9 Å². The predicted molar refractivity (Wildman–Crippen MR) is 110 cm³/mol. The highest BCUT2D eigenvalue weighted by molar-refractivity contribution is 5.95. The summed E-state index contributed by atoms with van der Waals surface area (Å²) >= 11 is 0. The van der Waals surface area contributed by atoms with Crippen LogP contribution in [-0.2, 0) is 12.8 Å². The number of hydrogen-bond acceptors (Lipinski definition) is 3. The van der Waals surface area contributed by atoms with Gasteiger partial charge < -0.3 is 15.0 Å². The second-order valence-corrected chi connectivity index (χ2v) is 6.63. The van der Waals surface area contributed by atoms with Crippen molar-refractivity contribution in [3.05, 3.63) is 65.7 Å². The minimum absolute atomic E-state index is 0.113.